The van der Waals surface area contributed by atoms with Gasteiger partial charge in [-0.05, 0) is 39.3 Å². The van der Waals surface area contributed by atoms with Crippen LogP contribution in [0.5, 0.6) is 0 Å². The zero-order valence-electron chi connectivity index (χ0n) is 8.22. The Morgan fingerprint density at radius 3 is 2.92 bits per heavy atom. The first-order chi connectivity index (χ1) is 5.70. The maximum absolute atomic E-state index is 3.50. The van der Waals surface area contributed by atoms with Crippen molar-refractivity contribution in [2.24, 2.45) is 0 Å². The maximum atomic E-state index is 3.50. The fraction of sp³-hybridized carbons (Fsp3) is 0.800. The molecule has 0 aromatic heterocycles. The Bertz CT molecular complexity index is 220. The standard InChI is InChI=1S/C10H18N2/c1-7-6-9-4-5-11-10(9)8(2)12(7)3/h7-8,11H,4-6H2,1-3H3. The van der Waals surface area contributed by atoms with Crippen LogP contribution in [0.15, 0.2) is 11.3 Å². The third-order valence-corrected chi connectivity index (χ3v) is 3.39. The summed E-state index contributed by atoms with van der Waals surface area (Å²) in [7, 11) is 2.22. The molecular formula is C10H18N2. The van der Waals surface area contributed by atoms with Crippen LogP contribution in [-0.4, -0.2) is 30.6 Å². The molecule has 12 heavy (non-hydrogen) atoms. The van der Waals surface area contributed by atoms with Crippen molar-refractivity contribution in [3.05, 3.63) is 11.3 Å². The smallest absolute Gasteiger partial charge is 0.0466 e. The van der Waals surface area contributed by atoms with Crippen LogP contribution in [0.2, 0.25) is 0 Å². The average molecular weight is 166 g/mol. The van der Waals surface area contributed by atoms with E-state index in [2.05, 4.69) is 31.1 Å². The number of likely N-dealkylation sites (N-methyl/N-ethyl adjacent to an activating group) is 1. The minimum absolute atomic E-state index is 0.603. The van der Waals surface area contributed by atoms with Gasteiger partial charge in [-0.15, -0.1) is 0 Å². The molecule has 0 saturated carbocycles. The molecule has 0 aromatic carbocycles. The summed E-state index contributed by atoms with van der Waals surface area (Å²) >= 11 is 0. The highest BCUT2D eigenvalue weighted by molar-refractivity contribution is 5.26. The number of hydrogen-bond acceptors (Lipinski definition) is 2. The summed E-state index contributed by atoms with van der Waals surface area (Å²) in [6.07, 6.45) is 2.54. The van der Waals surface area contributed by atoms with Gasteiger partial charge in [0, 0.05) is 24.3 Å². The fourth-order valence-corrected chi connectivity index (χ4v) is 2.35. The molecule has 2 nitrogen and oxygen atoms in total. The molecule has 0 amide bonds. The predicted molar refractivity (Wildman–Crippen MR) is 50.9 cm³/mol. The van der Waals surface area contributed by atoms with Gasteiger partial charge in [-0.2, -0.15) is 0 Å². The van der Waals surface area contributed by atoms with Crippen LogP contribution in [0, 0.1) is 0 Å². The van der Waals surface area contributed by atoms with Gasteiger partial charge in [-0.3, -0.25) is 4.90 Å². The summed E-state index contributed by atoms with van der Waals surface area (Å²) in [4.78, 5) is 2.46. The molecule has 2 unspecified atom stereocenters. The number of nitrogens with one attached hydrogen (secondary N) is 1. The van der Waals surface area contributed by atoms with Crippen molar-refractivity contribution in [1.29, 1.82) is 0 Å². The molecule has 2 aliphatic rings. The second-order valence-electron chi connectivity index (χ2n) is 4.09. The molecule has 2 heteroatoms. The van der Waals surface area contributed by atoms with E-state index >= 15 is 0 Å². The van der Waals surface area contributed by atoms with E-state index in [9.17, 15) is 0 Å². The SMILES string of the molecule is CC1CC2=C(NCC2)C(C)N1C. The number of hydrogen-bond donors (Lipinski definition) is 1. The van der Waals surface area contributed by atoms with Crippen LogP contribution >= 0.6 is 0 Å². The Morgan fingerprint density at radius 1 is 1.42 bits per heavy atom. The molecule has 2 heterocycles. The first-order valence-corrected chi connectivity index (χ1v) is 4.88. The van der Waals surface area contributed by atoms with E-state index in [0.717, 1.165) is 12.6 Å². The Morgan fingerprint density at radius 2 is 2.17 bits per heavy atom. The molecule has 0 radical (unpaired) electrons. The minimum Gasteiger partial charge on any atom is -0.387 e. The largest absolute Gasteiger partial charge is 0.387 e. The Hall–Kier alpha value is -0.500. The quantitative estimate of drug-likeness (QED) is 0.584. The molecule has 2 aliphatic heterocycles. The Balaban J connectivity index is 2.26. The van der Waals surface area contributed by atoms with Crippen molar-refractivity contribution in [3.8, 4) is 0 Å². The topological polar surface area (TPSA) is 15.3 Å². The fourth-order valence-electron chi connectivity index (χ4n) is 2.35. The third-order valence-electron chi connectivity index (χ3n) is 3.39. The van der Waals surface area contributed by atoms with Crippen molar-refractivity contribution in [2.75, 3.05) is 13.6 Å². The minimum atomic E-state index is 0.603. The average Bonchev–Trinajstić information content (AvgIpc) is 2.48. The van der Waals surface area contributed by atoms with Crippen molar-refractivity contribution in [3.63, 3.8) is 0 Å². The van der Waals surface area contributed by atoms with E-state index < -0.39 is 0 Å². The Kier molecular flexibility index (Phi) is 1.87. The molecule has 0 aromatic rings. The van der Waals surface area contributed by atoms with E-state index in [4.69, 9.17) is 0 Å². The van der Waals surface area contributed by atoms with Gasteiger partial charge < -0.3 is 5.32 Å². The first kappa shape index (κ1) is 8.11. The summed E-state index contributed by atoms with van der Waals surface area (Å²) < 4.78 is 0. The van der Waals surface area contributed by atoms with Crippen molar-refractivity contribution < 1.29 is 0 Å². The third kappa shape index (κ3) is 1.06. The molecule has 68 valence electrons. The number of nitrogens with zero attached hydrogens (tertiary/aromatic N) is 1. The molecule has 2 atom stereocenters. The van der Waals surface area contributed by atoms with Crippen LogP contribution in [0.3, 0.4) is 0 Å². The zero-order valence-corrected chi connectivity index (χ0v) is 8.22. The summed E-state index contributed by atoms with van der Waals surface area (Å²) in [6, 6.07) is 1.32. The predicted octanol–water partition coefficient (Wildman–Crippen LogP) is 1.35. The molecule has 2 rings (SSSR count). The molecule has 1 N–H and O–H groups in total. The lowest BCUT2D eigenvalue weighted by Gasteiger charge is -2.36. The molecule has 0 bridgehead atoms. The molecule has 0 fully saturated rings. The lowest BCUT2D eigenvalue weighted by molar-refractivity contribution is 0.198. The lowest BCUT2D eigenvalue weighted by Crippen LogP contribution is -2.43. The van der Waals surface area contributed by atoms with E-state index in [-0.39, 0.29) is 0 Å². The van der Waals surface area contributed by atoms with Crippen molar-refractivity contribution >= 4 is 0 Å². The van der Waals surface area contributed by atoms with Gasteiger partial charge in [-0.25, -0.2) is 0 Å². The van der Waals surface area contributed by atoms with Crippen molar-refractivity contribution in [2.45, 2.75) is 38.8 Å². The molecular weight excluding hydrogens is 148 g/mol. The van der Waals surface area contributed by atoms with Gasteiger partial charge in [0.05, 0.1) is 0 Å². The monoisotopic (exact) mass is 166 g/mol. The molecule has 0 aliphatic carbocycles. The second kappa shape index (κ2) is 2.77. The first-order valence-electron chi connectivity index (χ1n) is 4.88. The second-order valence-corrected chi connectivity index (χ2v) is 4.09. The van der Waals surface area contributed by atoms with E-state index in [1.54, 1.807) is 5.57 Å². The van der Waals surface area contributed by atoms with Gasteiger partial charge in [0.25, 0.3) is 0 Å². The lowest BCUT2D eigenvalue weighted by atomic mass is 9.95. The maximum Gasteiger partial charge on any atom is 0.0466 e. The highest BCUT2D eigenvalue weighted by Gasteiger charge is 2.30. The zero-order chi connectivity index (χ0) is 8.72. The van der Waals surface area contributed by atoms with Crippen LogP contribution in [0.1, 0.15) is 26.7 Å². The van der Waals surface area contributed by atoms with Gasteiger partial charge in [0.1, 0.15) is 0 Å². The normalized spacial score (nSPS) is 36.6. The number of rotatable bonds is 0. The van der Waals surface area contributed by atoms with E-state index in [0.29, 0.717) is 6.04 Å². The van der Waals surface area contributed by atoms with E-state index in [1.165, 1.54) is 18.5 Å². The van der Waals surface area contributed by atoms with Gasteiger partial charge in [0.15, 0.2) is 0 Å². The van der Waals surface area contributed by atoms with Gasteiger partial charge >= 0.3 is 0 Å². The van der Waals surface area contributed by atoms with Gasteiger partial charge in [-0.1, -0.05) is 0 Å². The van der Waals surface area contributed by atoms with Crippen LogP contribution < -0.4 is 5.32 Å². The van der Waals surface area contributed by atoms with E-state index in [1.807, 2.05) is 0 Å². The van der Waals surface area contributed by atoms with Crippen LogP contribution in [-0.2, 0) is 0 Å². The Labute approximate surface area is 74.6 Å². The molecule has 0 spiro atoms. The molecule has 0 saturated heterocycles. The summed E-state index contributed by atoms with van der Waals surface area (Å²) in [5.41, 5.74) is 3.18. The summed E-state index contributed by atoms with van der Waals surface area (Å²) in [5.74, 6) is 0. The summed E-state index contributed by atoms with van der Waals surface area (Å²) in [6.45, 7) is 5.78. The highest BCUT2D eigenvalue weighted by Crippen LogP contribution is 2.30. The van der Waals surface area contributed by atoms with Crippen LogP contribution in [0.4, 0.5) is 0 Å². The highest BCUT2D eigenvalue weighted by atomic mass is 15.2. The van der Waals surface area contributed by atoms with Crippen molar-refractivity contribution in [1.82, 2.24) is 10.2 Å². The van der Waals surface area contributed by atoms with Gasteiger partial charge in [0.2, 0.25) is 0 Å². The van der Waals surface area contributed by atoms with Crippen LogP contribution in [0.25, 0.3) is 0 Å². The summed E-state index contributed by atoms with van der Waals surface area (Å²) in [5, 5.41) is 3.50.